The minimum absolute atomic E-state index is 0.139. The van der Waals surface area contributed by atoms with Gasteiger partial charge >= 0.3 is 0 Å². The Morgan fingerprint density at radius 3 is 2.93 bits per heavy atom. The van der Waals surface area contributed by atoms with E-state index in [0.717, 1.165) is 25.9 Å². The van der Waals surface area contributed by atoms with Crippen molar-refractivity contribution in [1.82, 2.24) is 5.32 Å². The van der Waals surface area contributed by atoms with Gasteiger partial charge in [0.15, 0.2) is 5.78 Å². The fourth-order valence-corrected chi connectivity index (χ4v) is 4.44. The molecule has 1 aromatic carbocycles. The van der Waals surface area contributed by atoms with Crippen LogP contribution in [0.2, 0.25) is 0 Å². The summed E-state index contributed by atoms with van der Waals surface area (Å²) in [6.45, 7) is 3.74. The summed E-state index contributed by atoms with van der Waals surface area (Å²) in [6, 6.07) is 6.94. The van der Waals surface area contributed by atoms with E-state index in [9.17, 15) is 14.4 Å². The maximum absolute atomic E-state index is 13.0. The highest BCUT2D eigenvalue weighted by Crippen LogP contribution is 2.62. The summed E-state index contributed by atoms with van der Waals surface area (Å²) in [5.74, 6) is -1.98. The van der Waals surface area contributed by atoms with Crippen molar-refractivity contribution < 1.29 is 23.9 Å². The van der Waals surface area contributed by atoms with Gasteiger partial charge in [0.1, 0.15) is 0 Å². The Kier molecular flexibility index (Phi) is 5.21. The van der Waals surface area contributed by atoms with Crippen LogP contribution in [0.15, 0.2) is 24.3 Å². The number of hydrogen-bond acceptors (Lipinski definition) is 5. The Labute approximate surface area is 164 Å². The smallest absolute Gasteiger partial charge is 0.229 e. The van der Waals surface area contributed by atoms with E-state index in [-0.39, 0.29) is 23.7 Å². The number of carbonyl (C=O) groups excluding carboxylic acids is 3. The molecule has 1 saturated carbocycles. The van der Waals surface area contributed by atoms with Crippen molar-refractivity contribution in [1.29, 1.82) is 0 Å². The molecule has 4 atom stereocenters. The van der Waals surface area contributed by atoms with Crippen molar-refractivity contribution in [3.63, 3.8) is 0 Å². The SMILES string of the molecule is C[C@]12C(=O)c3ccccc3NC(=O)[C@@H]1[C@H]2C(=O)NCCOC[C@@H]1CCCCO1. The van der Waals surface area contributed by atoms with E-state index in [1.807, 2.05) is 0 Å². The van der Waals surface area contributed by atoms with Crippen LogP contribution in [0.1, 0.15) is 36.5 Å². The maximum Gasteiger partial charge on any atom is 0.229 e. The second-order valence-corrected chi connectivity index (χ2v) is 7.96. The third-order valence-corrected chi connectivity index (χ3v) is 6.12. The second kappa shape index (κ2) is 7.64. The first-order valence-corrected chi connectivity index (χ1v) is 9.95. The fourth-order valence-electron chi connectivity index (χ4n) is 4.44. The molecule has 2 N–H and O–H groups in total. The number of fused-ring (bicyclic) bond motifs is 2. The fraction of sp³-hybridized carbons (Fsp3) is 0.571. The predicted octanol–water partition coefficient (Wildman–Crippen LogP) is 1.78. The van der Waals surface area contributed by atoms with Gasteiger partial charge in [0.05, 0.1) is 42.3 Å². The van der Waals surface area contributed by atoms with Gasteiger partial charge in [-0.25, -0.2) is 0 Å². The summed E-state index contributed by atoms with van der Waals surface area (Å²) in [5.41, 5.74) is -0.00669. The molecule has 2 amide bonds. The van der Waals surface area contributed by atoms with Gasteiger partial charge in [-0.3, -0.25) is 14.4 Å². The number of amides is 2. The summed E-state index contributed by atoms with van der Waals surface area (Å²) in [6.07, 6.45) is 3.41. The standard InChI is InChI=1S/C21H26N2O5/c1-21-16(19(25)22-9-11-27-12-13-6-4-5-10-28-13)17(21)20(26)23-15-8-3-2-7-14(15)18(21)24/h2-3,7-8,13,16-17H,4-6,9-12H2,1H3,(H,22,25)(H,23,26)/t13-,16-,17-,21+/m0/s1. The Balaban J connectivity index is 1.31. The molecule has 4 rings (SSSR count). The minimum Gasteiger partial charge on any atom is -0.377 e. The summed E-state index contributed by atoms with van der Waals surface area (Å²) >= 11 is 0. The molecule has 3 aliphatic rings. The van der Waals surface area contributed by atoms with Crippen LogP contribution in [0, 0.1) is 17.3 Å². The van der Waals surface area contributed by atoms with Crippen LogP contribution >= 0.6 is 0 Å². The third-order valence-electron chi connectivity index (χ3n) is 6.12. The van der Waals surface area contributed by atoms with Gasteiger partial charge in [0, 0.05) is 18.7 Å². The van der Waals surface area contributed by atoms with Crippen LogP contribution in [0.3, 0.4) is 0 Å². The first-order chi connectivity index (χ1) is 13.5. The molecule has 7 nitrogen and oxygen atoms in total. The lowest BCUT2D eigenvalue weighted by Gasteiger charge is -2.22. The number of nitrogens with one attached hydrogen (secondary N) is 2. The molecule has 7 heteroatoms. The average molecular weight is 386 g/mol. The highest BCUT2D eigenvalue weighted by atomic mass is 16.5. The number of carbonyl (C=O) groups is 3. The van der Waals surface area contributed by atoms with Gasteiger partial charge in [-0.1, -0.05) is 19.1 Å². The lowest BCUT2D eigenvalue weighted by atomic mass is 9.92. The van der Waals surface area contributed by atoms with Gasteiger partial charge in [-0.2, -0.15) is 0 Å². The molecule has 0 spiro atoms. The second-order valence-electron chi connectivity index (χ2n) is 7.96. The number of rotatable bonds is 6. The van der Waals surface area contributed by atoms with E-state index in [4.69, 9.17) is 9.47 Å². The number of Topliss-reactive ketones (excluding diaryl/α,β-unsaturated/α-hetero) is 1. The first kappa shape index (κ1) is 19.1. The van der Waals surface area contributed by atoms with Crippen molar-refractivity contribution in [2.45, 2.75) is 32.3 Å². The summed E-state index contributed by atoms with van der Waals surface area (Å²) in [5, 5.41) is 5.60. The normalized spacial score (nSPS) is 31.2. The van der Waals surface area contributed by atoms with E-state index in [1.165, 1.54) is 0 Å². The molecule has 0 aromatic heterocycles. The molecule has 28 heavy (non-hydrogen) atoms. The summed E-state index contributed by atoms with van der Waals surface area (Å²) in [7, 11) is 0. The summed E-state index contributed by atoms with van der Waals surface area (Å²) < 4.78 is 11.2. The number of ketones is 1. The van der Waals surface area contributed by atoms with Crippen molar-refractivity contribution in [2.75, 3.05) is 31.7 Å². The van der Waals surface area contributed by atoms with Crippen LogP contribution in [0.25, 0.3) is 0 Å². The minimum atomic E-state index is -0.989. The van der Waals surface area contributed by atoms with Gasteiger partial charge in [-0.05, 0) is 31.4 Å². The summed E-state index contributed by atoms with van der Waals surface area (Å²) in [4.78, 5) is 38.2. The van der Waals surface area contributed by atoms with Crippen LogP contribution in [0.4, 0.5) is 5.69 Å². The Bertz CT molecular complexity index is 789. The number of anilines is 1. The largest absolute Gasteiger partial charge is 0.377 e. The molecule has 1 saturated heterocycles. The molecular weight excluding hydrogens is 360 g/mol. The Morgan fingerprint density at radius 2 is 2.14 bits per heavy atom. The van der Waals surface area contributed by atoms with E-state index >= 15 is 0 Å². The molecule has 2 aliphatic heterocycles. The quantitative estimate of drug-likeness (QED) is 0.727. The van der Waals surface area contributed by atoms with Crippen LogP contribution in [-0.4, -0.2) is 50.1 Å². The first-order valence-electron chi connectivity index (χ1n) is 9.95. The average Bonchev–Trinajstić information content (AvgIpc) is 3.36. The van der Waals surface area contributed by atoms with E-state index < -0.39 is 17.3 Å². The van der Waals surface area contributed by atoms with Crippen molar-refractivity contribution in [3.8, 4) is 0 Å². The number of hydrogen-bond donors (Lipinski definition) is 2. The van der Waals surface area contributed by atoms with E-state index in [1.54, 1.807) is 31.2 Å². The highest BCUT2D eigenvalue weighted by molar-refractivity contribution is 6.19. The zero-order valence-corrected chi connectivity index (χ0v) is 16.0. The van der Waals surface area contributed by atoms with Crippen LogP contribution in [0.5, 0.6) is 0 Å². The van der Waals surface area contributed by atoms with Gasteiger partial charge in [-0.15, -0.1) is 0 Å². The number of ether oxygens (including phenoxy) is 2. The third kappa shape index (κ3) is 3.33. The monoisotopic (exact) mass is 386 g/mol. The molecule has 150 valence electrons. The topological polar surface area (TPSA) is 93.7 Å². The molecule has 2 fully saturated rings. The number of para-hydroxylation sites is 1. The zero-order valence-electron chi connectivity index (χ0n) is 16.0. The van der Waals surface area contributed by atoms with E-state index in [2.05, 4.69) is 10.6 Å². The molecule has 0 bridgehead atoms. The predicted molar refractivity (Wildman–Crippen MR) is 102 cm³/mol. The van der Waals surface area contributed by atoms with Crippen molar-refractivity contribution in [3.05, 3.63) is 29.8 Å². The van der Waals surface area contributed by atoms with Crippen molar-refractivity contribution in [2.24, 2.45) is 17.3 Å². The lowest BCUT2D eigenvalue weighted by molar-refractivity contribution is -0.125. The maximum atomic E-state index is 13.0. The van der Waals surface area contributed by atoms with Crippen molar-refractivity contribution >= 4 is 23.3 Å². The molecule has 1 aromatic rings. The van der Waals surface area contributed by atoms with Gasteiger partial charge < -0.3 is 20.1 Å². The number of benzene rings is 1. The van der Waals surface area contributed by atoms with Gasteiger partial charge in [0.2, 0.25) is 11.8 Å². The van der Waals surface area contributed by atoms with Crippen LogP contribution in [-0.2, 0) is 19.1 Å². The van der Waals surface area contributed by atoms with Crippen LogP contribution < -0.4 is 10.6 Å². The Hall–Kier alpha value is -2.25. The molecular formula is C21H26N2O5. The molecule has 1 aliphatic carbocycles. The van der Waals surface area contributed by atoms with E-state index in [0.29, 0.717) is 31.0 Å². The molecule has 0 unspecified atom stereocenters. The highest BCUT2D eigenvalue weighted by Gasteiger charge is 2.73. The van der Waals surface area contributed by atoms with Gasteiger partial charge in [0.25, 0.3) is 0 Å². The Morgan fingerprint density at radius 1 is 1.32 bits per heavy atom. The molecule has 0 radical (unpaired) electrons. The lowest BCUT2D eigenvalue weighted by Crippen LogP contribution is -2.33. The zero-order chi connectivity index (χ0) is 19.7. The molecule has 2 heterocycles.